The summed E-state index contributed by atoms with van der Waals surface area (Å²) in [5, 5.41) is 0.226. The topological polar surface area (TPSA) is 99.8 Å². The molecule has 0 aliphatic carbocycles. The Bertz CT molecular complexity index is 1240. The van der Waals surface area contributed by atoms with Crippen molar-refractivity contribution in [1.82, 2.24) is 14.2 Å². The van der Waals surface area contributed by atoms with Gasteiger partial charge in [-0.3, -0.25) is 9.59 Å². The molecule has 1 amide bonds. The van der Waals surface area contributed by atoms with Gasteiger partial charge in [-0.15, -0.1) is 0 Å². The fourth-order valence-electron chi connectivity index (χ4n) is 4.34. The number of hydrogen-bond donors (Lipinski definition) is 1. The number of ether oxygens (including phenoxy) is 1. The first-order valence-corrected chi connectivity index (χ1v) is 12.7. The Morgan fingerprint density at radius 2 is 1.97 bits per heavy atom. The number of H-pyrrole nitrogens is 1. The molecule has 0 bridgehead atoms. The highest BCUT2D eigenvalue weighted by Gasteiger charge is 2.33. The smallest absolute Gasteiger partial charge is 0.256 e. The van der Waals surface area contributed by atoms with Gasteiger partial charge in [0.15, 0.2) is 0 Å². The van der Waals surface area contributed by atoms with Crippen LogP contribution in [-0.2, 0) is 23.0 Å². The molecule has 2 aliphatic rings. The summed E-state index contributed by atoms with van der Waals surface area (Å²) in [6.07, 6.45) is 2.02. The van der Waals surface area contributed by atoms with E-state index in [9.17, 15) is 18.0 Å². The number of nitrogens with one attached hydrogen (secondary N) is 1. The Hall–Kier alpha value is -2.36. The van der Waals surface area contributed by atoms with Crippen molar-refractivity contribution in [1.29, 1.82) is 0 Å². The molecule has 3 heterocycles. The average molecular weight is 480 g/mol. The standard InChI is InChI=1S/C22H26ClN3O5S/c1-13-10-14(2)24-21(27)17(13)12-25-8-6-15-4-5-18(20(23)19(15)22(25)28)31-16-7-9-26(11-16)32(3,29)30/h4-5,10,16H,6-9,11-12H2,1-3H3,(H,24,27)/t16-/m1/s1. The summed E-state index contributed by atoms with van der Waals surface area (Å²) < 4.78 is 30.9. The lowest BCUT2D eigenvalue weighted by Gasteiger charge is -2.30. The van der Waals surface area contributed by atoms with Crippen LogP contribution in [0.1, 0.15) is 39.2 Å². The largest absolute Gasteiger partial charge is 0.487 e. The predicted molar refractivity (Wildman–Crippen MR) is 122 cm³/mol. The summed E-state index contributed by atoms with van der Waals surface area (Å²) in [6, 6.07) is 5.46. The fourth-order valence-corrected chi connectivity index (χ4v) is 5.52. The molecule has 32 heavy (non-hydrogen) atoms. The number of nitrogens with zero attached hydrogens (tertiary/aromatic N) is 2. The van der Waals surface area contributed by atoms with Gasteiger partial charge in [-0.2, -0.15) is 4.31 Å². The van der Waals surface area contributed by atoms with Gasteiger partial charge in [0.05, 0.1) is 29.9 Å². The first kappa shape index (κ1) is 22.8. The third-order valence-electron chi connectivity index (χ3n) is 6.06. The van der Waals surface area contributed by atoms with Crippen LogP contribution in [0.2, 0.25) is 5.02 Å². The molecule has 0 radical (unpaired) electrons. The Labute approximate surface area is 192 Å². The highest BCUT2D eigenvalue weighted by atomic mass is 35.5. The molecule has 2 aliphatic heterocycles. The molecule has 4 rings (SSSR count). The molecule has 0 unspecified atom stereocenters. The third kappa shape index (κ3) is 4.42. The van der Waals surface area contributed by atoms with Crippen molar-refractivity contribution in [2.24, 2.45) is 0 Å². The number of aromatic nitrogens is 1. The van der Waals surface area contributed by atoms with Gasteiger partial charge in [-0.05, 0) is 49.9 Å². The highest BCUT2D eigenvalue weighted by Crippen LogP contribution is 2.36. The van der Waals surface area contributed by atoms with Crippen LogP contribution in [0.5, 0.6) is 5.75 Å². The van der Waals surface area contributed by atoms with E-state index in [4.69, 9.17) is 16.3 Å². The maximum Gasteiger partial charge on any atom is 0.256 e. The van der Waals surface area contributed by atoms with E-state index < -0.39 is 10.0 Å². The second kappa shape index (κ2) is 8.53. The zero-order chi connectivity index (χ0) is 23.2. The number of sulfonamides is 1. The molecule has 1 aromatic carbocycles. The molecule has 1 N–H and O–H groups in total. The van der Waals surface area contributed by atoms with Crippen LogP contribution in [0.4, 0.5) is 0 Å². The molecule has 1 atom stereocenters. The number of amides is 1. The van der Waals surface area contributed by atoms with E-state index >= 15 is 0 Å². The minimum absolute atomic E-state index is 0.194. The number of carbonyl (C=O) groups is 1. The summed E-state index contributed by atoms with van der Waals surface area (Å²) >= 11 is 6.61. The molecule has 2 aromatic rings. The summed E-state index contributed by atoms with van der Waals surface area (Å²) in [6.45, 7) is 5.01. The van der Waals surface area contributed by atoms with E-state index in [1.54, 1.807) is 11.0 Å². The van der Waals surface area contributed by atoms with E-state index in [2.05, 4.69) is 4.98 Å². The second-order valence-electron chi connectivity index (χ2n) is 8.48. The van der Waals surface area contributed by atoms with Gasteiger partial charge in [0, 0.05) is 24.3 Å². The molecule has 8 nitrogen and oxygen atoms in total. The number of benzene rings is 1. The van der Waals surface area contributed by atoms with Crippen LogP contribution in [0.25, 0.3) is 0 Å². The van der Waals surface area contributed by atoms with Gasteiger partial charge >= 0.3 is 0 Å². The van der Waals surface area contributed by atoms with Gasteiger partial charge in [0.2, 0.25) is 10.0 Å². The van der Waals surface area contributed by atoms with Crippen molar-refractivity contribution in [3.05, 3.63) is 61.5 Å². The number of halogens is 1. The average Bonchev–Trinajstić information content (AvgIpc) is 3.17. The van der Waals surface area contributed by atoms with Crippen molar-refractivity contribution < 1.29 is 17.9 Å². The number of hydrogen-bond acceptors (Lipinski definition) is 5. The zero-order valence-electron chi connectivity index (χ0n) is 18.3. The van der Waals surface area contributed by atoms with Gasteiger partial charge in [0.1, 0.15) is 11.9 Å². The lowest BCUT2D eigenvalue weighted by Crippen LogP contribution is -2.39. The molecule has 0 saturated carbocycles. The molecule has 1 saturated heterocycles. The Morgan fingerprint density at radius 1 is 1.22 bits per heavy atom. The minimum atomic E-state index is -3.28. The van der Waals surface area contributed by atoms with Crippen molar-refractivity contribution in [2.45, 2.75) is 39.3 Å². The van der Waals surface area contributed by atoms with E-state index in [1.165, 1.54) is 10.6 Å². The molecular weight excluding hydrogens is 454 g/mol. The Morgan fingerprint density at radius 3 is 2.62 bits per heavy atom. The molecule has 1 aromatic heterocycles. The number of carbonyl (C=O) groups excluding carboxylic acids is 1. The lowest BCUT2D eigenvalue weighted by atomic mass is 9.97. The van der Waals surface area contributed by atoms with Crippen molar-refractivity contribution in [3.8, 4) is 5.75 Å². The van der Waals surface area contributed by atoms with Crippen LogP contribution >= 0.6 is 11.6 Å². The number of aryl methyl sites for hydroxylation is 2. The SMILES string of the molecule is Cc1cc(C)c(CN2CCc3ccc(O[C@@H]4CCN(S(C)(=O)=O)C4)c(Cl)c3C2=O)c(=O)[nH]1. The van der Waals surface area contributed by atoms with E-state index in [0.717, 1.165) is 16.8 Å². The lowest BCUT2D eigenvalue weighted by molar-refractivity contribution is 0.0725. The minimum Gasteiger partial charge on any atom is -0.487 e. The van der Waals surface area contributed by atoms with Gasteiger partial charge in [0.25, 0.3) is 11.5 Å². The highest BCUT2D eigenvalue weighted by molar-refractivity contribution is 7.88. The fraction of sp³-hybridized carbons (Fsp3) is 0.455. The quantitative estimate of drug-likeness (QED) is 0.709. The van der Waals surface area contributed by atoms with Crippen LogP contribution in [0.3, 0.4) is 0 Å². The molecule has 172 valence electrons. The van der Waals surface area contributed by atoms with Crippen LogP contribution in [0, 0.1) is 13.8 Å². The Kier molecular flexibility index (Phi) is 6.08. The Balaban J connectivity index is 1.56. The number of fused-ring (bicyclic) bond motifs is 1. The third-order valence-corrected chi connectivity index (χ3v) is 7.70. The predicted octanol–water partition coefficient (Wildman–Crippen LogP) is 2.26. The van der Waals surface area contributed by atoms with Crippen molar-refractivity contribution in [2.75, 3.05) is 25.9 Å². The van der Waals surface area contributed by atoms with Crippen LogP contribution < -0.4 is 10.3 Å². The molecular formula is C22H26ClN3O5S. The van der Waals surface area contributed by atoms with E-state index in [0.29, 0.717) is 42.8 Å². The van der Waals surface area contributed by atoms with Gasteiger partial charge in [-0.1, -0.05) is 17.7 Å². The number of pyridine rings is 1. The summed E-state index contributed by atoms with van der Waals surface area (Å²) in [5.41, 5.74) is 3.20. The molecule has 0 spiro atoms. The van der Waals surface area contributed by atoms with Gasteiger partial charge in [-0.25, -0.2) is 8.42 Å². The first-order chi connectivity index (χ1) is 15.0. The van der Waals surface area contributed by atoms with Crippen molar-refractivity contribution >= 4 is 27.5 Å². The summed E-state index contributed by atoms with van der Waals surface area (Å²) in [7, 11) is -3.28. The van der Waals surface area contributed by atoms with Gasteiger partial charge < -0.3 is 14.6 Å². The molecule has 1 fully saturated rings. The summed E-state index contributed by atoms with van der Waals surface area (Å²) in [5.74, 6) is 0.121. The number of rotatable bonds is 5. The van der Waals surface area contributed by atoms with E-state index in [-0.39, 0.29) is 35.7 Å². The number of aromatic amines is 1. The summed E-state index contributed by atoms with van der Waals surface area (Å²) in [4.78, 5) is 30.1. The maximum absolute atomic E-state index is 13.3. The van der Waals surface area contributed by atoms with Crippen LogP contribution in [0.15, 0.2) is 23.0 Å². The second-order valence-corrected chi connectivity index (χ2v) is 10.8. The monoisotopic (exact) mass is 479 g/mol. The normalized spacial score (nSPS) is 19.3. The van der Waals surface area contributed by atoms with Crippen LogP contribution in [-0.4, -0.2) is 60.5 Å². The first-order valence-electron chi connectivity index (χ1n) is 10.5. The maximum atomic E-state index is 13.3. The zero-order valence-corrected chi connectivity index (χ0v) is 19.8. The van der Waals surface area contributed by atoms with Crippen molar-refractivity contribution in [3.63, 3.8) is 0 Å². The van der Waals surface area contributed by atoms with E-state index in [1.807, 2.05) is 26.0 Å². The molecule has 10 heteroatoms.